The van der Waals surface area contributed by atoms with Crippen LogP contribution in [0.15, 0.2) is 18.2 Å². The minimum Gasteiger partial charge on any atom is -0.462 e. The van der Waals surface area contributed by atoms with Crippen LogP contribution in [0.4, 0.5) is 8.78 Å². The van der Waals surface area contributed by atoms with Gasteiger partial charge >= 0.3 is 5.97 Å². The Kier molecular flexibility index (Phi) is 4.47. The second-order valence-corrected chi connectivity index (χ2v) is 4.89. The van der Waals surface area contributed by atoms with Crippen LogP contribution in [0.2, 0.25) is 0 Å². The van der Waals surface area contributed by atoms with Crippen LogP contribution in [0.5, 0.6) is 0 Å². The lowest BCUT2D eigenvalue weighted by molar-refractivity contribution is -0.147. The van der Waals surface area contributed by atoms with Crippen molar-refractivity contribution >= 4 is 5.97 Å². The van der Waals surface area contributed by atoms with Gasteiger partial charge in [0, 0.05) is 25.5 Å². The summed E-state index contributed by atoms with van der Waals surface area (Å²) in [5.74, 6) is -1.42. The number of nitrogens with one attached hydrogen (secondary N) is 1. The van der Waals surface area contributed by atoms with Gasteiger partial charge in [-0.15, -0.1) is 0 Å². The molecule has 1 N–H and O–H groups in total. The van der Waals surface area contributed by atoms with E-state index in [4.69, 9.17) is 4.74 Å². The molecule has 2 atom stereocenters. The molecule has 0 radical (unpaired) electrons. The smallest absolute Gasteiger partial charge is 0.302 e. The first-order valence-corrected chi connectivity index (χ1v) is 6.38. The Morgan fingerprint density at radius 3 is 2.68 bits per heavy atom. The van der Waals surface area contributed by atoms with Gasteiger partial charge in [0.1, 0.15) is 17.7 Å². The second kappa shape index (κ2) is 6.10. The molecule has 0 saturated carbocycles. The number of rotatable bonds is 3. The maximum absolute atomic E-state index is 13.1. The average Bonchev–Trinajstić information content (AvgIpc) is 2.26. The van der Waals surface area contributed by atoms with Gasteiger partial charge in [-0.3, -0.25) is 4.79 Å². The predicted octanol–water partition coefficient (Wildman–Crippen LogP) is 2.19. The zero-order valence-electron chi connectivity index (χ0n) is 10.8. The molecule has 1 aliphatic rings. The fraction of sp³-hybridized carbons (Fsp3) is 0.500. The first-order valence-electron chi connectivity index (χ1n) is 6.38. The summed E-state index contributed by atoms with van der Waals surface area (Å²) >= 11 is 0. The molecular weight excluding hydrogens is 252 g/mol. The van der Waals surface area contributed by atoms with Crippen LogP contribution in [-0.2, 0) is 16.0 Å². The van der Waals surface area contributed by atoms with Crippen LogP contribution in [0.1, 0.15) is 25.3 Å². The van der Waals surface area contributed by atoms with Crippen molar-refractivity contribution in [3.63, 3.8) is 0 Å². The quantitative estimate of drug-likeness (QED) is 0.855. The Morgan fingerprint density at radius 1 is 1.37 bits per heavy atom. The van der Waals surface area contributed by atoms with E-state index in [-0.39, 0.29) is 18.1 Å². The molecule has 0 aliphatic carbocycles. The van der Waals surface area contributed by atoms with Gasteiger partial charge in [-0.2, -0.15) is 0 Å². The maximum atomic E-state index is 13.1. The molecule has 3 nitrogen and oxygen atoms in total. The van der Waals surface area contributed by atoms with E-state index in [0.717, 1.165) is 19.0 Å². The third-order valence-electron chi connectivity index (χ3n) is 3.18. The van der Waals surface area contributed by atoms with E-state index in [1.165, 1.54) is 19.1 Å². The molecule has 0 spiro atoms. The number of esters is 1. The van der Waals surface area contributed by atoms with E-state index in [1.54, 1.807) is 0 Å². The molecule has 2 rings (SSSR count). The number of hydrogen-bond donors (Lipinski definition) is 1. The predicted molar refractivity (Wildman–Crippen MR) is 66.6 cm³/mol. The number of ether oxygens (including phenoxy) is 1. The first-order chi connectivity index (χ1) is 9.02. The summed E-state index contributed by atoms with van der Waals surface area (Å²) in [5, 5.41) is 3.27. The van der Waals surface area contributed by atoms with Crippen LogP contribution in [-0.4, -0.2) is 24.7 Å². The highest BCUT2D eigenvalue weighted by molar-refractivity contribution is 5.66. The van der Waals surface area contributed by atoms with Gasteiger partial charge in [0.25, 0.3) is 0 Å². The highest BCUT2D eigenvalue weighted by Gasteiger charge is 2.23. The Labute approximate surface area is 111 Å². The molecular formula is C14H17F2NO2. The molecule has 1 heterocycles. The fourth-order valence-electron chi connectivity index (χ4n) is 2.48. The number of carbonyl (C=O) groups excluding carboxylic acids is 1. The molecule has 0 bridgehead atoms. The van der Waals surface area contributed by atoms with Crippen LogP contribution < -0.4 is 5.32 Å². The van der Waals surface area contributed by atoms with Crippen LogP contribution in [0, 0.1) is 11.6 Å². The zero-order valence-corrected chi connectivity index (χ0v) is 10.8. The Balaban J connectivity index is 1.96. The molecule has 1 saturated heterocycles. The van der Waals surface area contributed by atoms with E-state index < -0.39 is 11.6 Å². The van der Waals surface area contributed by atoms with Gasteiger partial charge in [-0.1, -0.05) is 0 Å². The maximum Gasteiger partial charge on any atom is 0.302 e. The van der Waals surface area contributed by atoms with Crippen molar-refractivity contribution in [1.82, 2.24) is 5.32 Å². The van der Waals surface area contributed by atoms with Crippen molar-refractivity contribution < 1.29 is 18.3 Å². The number of piperidine rings is 1. The summed E-state index contributed by atoms with van der Waals surface area (Å²) < 4.78 is 31.4. The second-order valence-electron chi connectivity index (χ2n) is 4.89. The average molecular weight is 269 g/mol. The van der Waals surface area contributed by atoms with Gasteiger partial charge < -0.3 is 10.1 Å². The number of hydrogen-bond acceptors (Lipinski definition) is 3. The lowest BCUT2D eigenvalue weighted by atomic mass is 9.95. The third-order valence-corrected chi connectivity index (χ3v) is 3.18. The molecule has 5 heteroatoms. The number of halogens is 2. The minimum atomic E-state index is -0.567. The molecule has 0 aromatic heterocycles. The standard InChI is InChI=1S/C14H17F2NO2/c1-9(18)19-14-2-3-17-13(8-14)6-10-4-11(15)7-12(16)5-10/h4-5,7,13-14,17H,2-3,6,8H2,1H3. The normalized spacial score (nSPS) is 23.1. The topological polar surface area (TPSA) is 38.3 Å². The zero-order chi connectivity index (χ0) is 13.8. The first kappa shape index (κ1) is 13.9. The summed E-state index contributed by atoms with van der Waals surface area (Å²) in [6.07, 6.45) is 1.85. The molecule has 104 valence electrons. The lowest BCUT2D eigenvalue weighted by Crippen LogP contribution is -2.43. The fourth-order valence-corrected chi connectivity index (χ4v) is 2.48. The monoisotopic (exact) mass is 269 g/mol. The van der Waals surface area contributed by atoms with Crippen molar-refractivity contribution in [2.75, 3.05) is 6.54 Å². The van der Waals surface area contributed by atoms with Crippen molar-refractivity contribution in [2.45, 2.75) is 38.3 Å². The van der Waals surface area contributed by atoms with Crippen molar-refractivity contribution in [3.8, 4) is 0 Å². The SMILES string of the molecule is CC(=O)OC1CCNC(Cc2cc(F)cc(F)c2)C1. The Morgan fingerprint density at radius 2 is 2.05 bits per heavy atom. The highest BCUT2D eigenvalue weighted by Crippen LogP contribution is 2.17. The van der Waals surface area contributed by atoms with E-state index in [9.17, 15) is 13.6 Å². The van der Waals surface area contributed by atoms with Crippen LogP contribution >= 0.6 is 0 Å². The molecule has 1 aromatic rings. The van der Waals surface area contributed by atoms with Crippen LogP contribution in [0.25, 0.3) is 0 Å². The summed E-state index contributed by atoms with van der Waals surface area (Å²) in [5.41, 5.74) is 0.610. The minimum absolute atomic E-state index is 0.0688. The van der Waals surface area contributed by atoms with E-state index in [2.05, 4.69) is 5.32 Å². The van der Waals surface area contributed by atoms with Gasteiger partial charge in [0.05, 0.1) is 0 Å². The molecule has 19 heavy (non-hydrogen) atoms. The largest absolute Gasteiger partial charge is 0.462 e. The molecule has 1 aliphatic heterocycles. The van der Waals surface area contributed by atoms with Gasteiger partial charge in [0.2, 0.25) is 0 Å². The Hall–Kier alpha value is -1.49. The van der Waals surface area contributed by atoms with Crippen molar-refractivity contribution in [3.05, 3.63) is 35.4 Å². The molecule has 1 fully saturated rings. The van der Waals surface area contributed by atoms with Crippen LogP contribution in [0.3, 0.4) is 0 Å². The number of carbonyl (C=O) groups is 1. The highest BCUT2D eigenvalue weighted by atomic mass is 19.1. The summed E-state index contributed by atoms with van der Waals surface area (Å²) in [6, 6.07) is 3.60. The van der Waals surface area contributed by atoms with E-state index in [0.29, 0.717) is 18.4 Å². The van der Waals surface area contributed by atoms with Gasteiger partial charge in [-0.25, -0.2) is 8.78 Å². The molecule has 1 aromatic carbocycles. The van der Waals surface area contributed by atoms with E-state index in [1.807, 2.05) is 0 Å². The van der Waals surface area contributed by atoms with E-state index >= 15 is 0 Å². The Bertz CT molecular complexity index is 445. The summed E-state index contributed by atoms with van der Waals surface area (Å²) in [4.78, 5) is 10.9. The van der Waals surface area contributed by atoms with Gasteiger partial charge in [0.15, 0.2) is 0 Å². The molecule has 2 unspecified atom stereocenters. The summed E-state index contributed by atoms with van der Waals surface area (Å²) in [7, 11) is 0. The third kappa shape index (κ3) is 4.28. The lowest BCUT2D eigenvalue weighted by Gasteiger charge is -2.30. The van der Waals surface area contributed by atoms with Crippen molar-refractivity contribution in [1.29, 1.82) is 0 Å². The van der Waals surface area contributed by atoms with Crippen molar-refractivity contribution in [2.24, 2.45) is 0 Å². The number of benzene rings is 1. The molecule has 0 amide bonds. The summed E-state index contributed by atoms with van der Waals surface area (Å²) in [6.45, 7) is 2.12. The van der Waals surface area contributed by atoms with Gasteiger partial charge in [-0.05, 0) is 37.1 Å².